The van der Waals surface area contributed by atoms with Crippen molar-refractivity contribution in [2.24, 2.45) is 0 Å². The molecule has 2 heterocycles. The van der Waals surface area contributed by atoms with Gasteiger partial charge in [0.2, 0.25) is 0 Å². The van der Waals surface area contributed by atoms with Gasteiger partial charge in [0.1, 0.15) is 6.33 Å². The maximum atomic E-state index is 5.97. The molecule has 88 valence electrons. The van der Waals surface area contributed by atoms with Crippen LogP contribution in [0.2, 0.25) is 0 Å². The van der Waals surface area contributed by atoms with Gasteiger partial charge in [0.25, 0.3) is 0 Å². The summed E-state index contributed by atoms with van der Waals surface area (Å²) in [4.78, 5) is 12.3. The second kappa shape index (κ2) is 5.36. The van der Waals surface area contributed by atoms with E-state index < -0.39 is 0 Å². The van der Waals surface area contributed by atoms with Crippen molar-refractivity contribution in [3.05, 3.63) is 48.3 Å². The lowest BCUT2D eigenvalue weighted by Crippen LogP contribution is -2.24. The third kappa shape index (κ3) is 2.57. The van der Waals surface area contributed by atoms with E-state index in [0.717, 1.165) is 17.8 Å². The molecule has 0 aliphatic heterocycles. The molecule has 2 aromatic heterocycles. The molecule has 3 N–H and O–H groups in total. The molecule has 5 heteroatoms. The quantitative estimate of drug-likeness (QED) is 0.822. The molecule has 0 radical (unpaired) electrons. The first-order valence-corrected chi connectivity index (χ1v) is 5.51. The van der Waals surface area contributed by atoms with Crippen molar-refractivity contribution < 1.29 is 0 Å². The SMILES string of the molecule is CCNC(c1ccncn1)c1cnccc1N. The molecule has 0 aliphatic carbocycles. The molecule has 0 saturated carbocycles. The highest BCUT2D eigenvalue weighted by Crippen LogP contribution is 2.23. The fourth-order valence-corrected chi connectivity index (χ4v) is 1.71. The number of hydrogen-bond acceptors (Lipinski definition) is 5. The highest BCUT2D eigenvalue weighted by atomic mass is 15.0. The van der Waals surface area contributed by atoms with E-state index in [1.54, 1.807) is 24.7 Å². The van der Waals surface area contributed by atoms with Crippen LogP contribution in [0.4, 0.5) is 5.69 Å². The van der Waals surface area contributed by atoms with Gasteiger partial charge in [-0.25, -0.2) is 9.97 Å². The Bertz CT molecular complexity index is 471. The van der Waals surface area contributed by atoms with Crippen LogP contribution in [0.5, 0.6) is 0 Å². The normalized spacial score (nSPS) is 12.3. The van der Waals surface area contributed by atoms with Gasteiger partial charge >= 0.3 is 0 Å². The van der Waals surface area contributed by atoms with Crippen molar-refractivity contribution in [1.29, 1.82) is 0 Å². The monoisotopic (exact) mass is 229 g/mol. The fourth-order valence-electron chi connectivity index (χ4n) is 1.71. The molecule has 17 heavy (non-hydrogen) atoms. The van der Waals surface area contributed by atoms with Crippen molar-refractivity contribution >= 4 is 5.69 Å². The van der Waals surface area contributed by atoms with Gasteiger partial charge in [-0.05, 0) is 18.7 Å². The van der Waals surface area contributed by atoms with E-state index in [0.29, 0.717) is 5.69 Å². The Morgan fingerprint density at radius 1 is 1.29 bits per heavy atom. The number of rotatable bonds is 4. The Morgan fingerprint density at radius 3 is 2.76 bits per heavy atom. The van der Waals surface area contributed by atoms with Crippen LogP contribution in [0, 0.1) is 0 Å². The minimum Gasteiger partial charge on any atom is -0.398 e. The summed E-state index contributed by atoms with van der Waals surface area (Å²) in [5.74, 6) is 0. The lowest BCUT2D eigenvalue weighted by Gasteiger charge is -2.18. The summed E-state index contributed by atoms with van der Waals surface area (Å²) >= 11 is 0. The number of nitrogens with zero attached hydrogens (tertiary/aromatic N) is 3. The van der Waals surface area contributed by atoms with Crippen LogP contribution in [-0.2, 0) is 0 Å². The standard InChI is InChI=1S/C12H15N5/c1-2-16-12(11-4-6-15-8-17-11)9-7-14-5-3-10(9)13/h3-8,12,16H,2H2,1H3,(H2,13,14). The predicted octanol–water partition coefficient (Wildman–Crippen LogP) is 1.15. The zero-order chi connectivity index (χ0) is 12.1. The van der Waals surface area contributed by atoms with E-state index in [1.807, 2.05) is 13.0 Å². The smallest absolute Gasteiger partial charge is 0.115 e. The second-order valence-electron chi connectivity index (χ2n) is 3.63. The number of aromatic nitrogens is 3. The van der Waals surface area contributed by atoms with Gasteiger partial charge in [0.05, 0.1) is 11.7 Å². The molecule has 2 rings (SSSR count). The molecule has 2 aromatic rings. The maximum Gasteiger partial charge on any atom is 0.115 e. The molecule has 0 bridgehead atoms. The molecular formula is C12H15N5. The van der Waals surface area contributed by atoms with Crippen LogP contribution in [-0.4, -0.2) is 21.5 Å². The van der Waals surface area contributed by atoms with Crippen molar-refractivity contribution in [3.8, 4) is 0 Å². The predicted molar refractivity (Wildman–Crippen MR) is 66.2 cm³/mol. The molecule has 0 amide bonds. The highest BCUT2D eigenvalue weighted by molar-refractivity contribution is 5.48. The van der Waals surface area contributed by atoms with Crippen LogP contribution in [0.3, 0.4) is 0 Å². The summed E-state index contributed by atoms with van der Waals surface area (Å²) in [5.41, 5.74) is 8.51. The molecule has 0 aliphatic rings. The number of hydrogen-bond donors (Lipinski definition) is 2. The largest absolute Gasteiger partial charge is 0.398 e. The molecule has 0 spiro atoms. The molecule has 5 nitrogen and oxygen atoms in total. The van der Waals surface area contributed by atoms with Gasteiger partial charge in [0, 0.05) is 29.8 Å². The first-order valence-electron chi connectivity index (χ1n) is 5.51. The van der Waals surface area contributed by atoms with E-state index in [4.69, 9.17) is 5.73 Å². The third-order valence-corrected chi connectivity index (χ3v) is 2.51. The Balaban J connectivity index is 2.39. The fraction of sp³-hybridized carbons (Fsp3) is 0.250. The summed E-state index contributed by atoms with van der Waals surface area (Å²) < 4.78 is 0. The number of nitrogens with one attached hydrogen (secondary N) is 1. The topological polar surface area (TPSA) is 76.7 Å². The lowest BCUT2D eigenvalue weighted by molar-refractivity contribution is 0.613. The summed E-state index contributed by atoms with van der Waals surface area (Å²) in [6.07, 6.45) is 6.71. The lowest BCUT2D eigenvalue weighted by atomic mass is 10.0. The van der Waals surface area contributed by atoms with E-state index in [9.17, 15) is 0 Å². The molecule has 0 saturated heterocycles. The first-order chi connectivity index (χ1) is 8.33. The average molecular weight is 229 g/mol. The van der Waals surface area contributed by atoms with Crippen LogP contribution < -0.4 is 11.1 Å². The van der Waals surface area contributed by atoms with Crippen molar-refractivity contribution in [3.63, 3.8) is 0 Å². The van der Waals surface area contributed by atoms with Gasteiger partial charge in [0.15, 0.2) is 0 Å². The van der Waals surface area contributed by atoms with Crippen LogP contribution in [0.1, 0.15) is 24.2 Å². The number of anilines is 1. The Kier molecular flexibility index (Phi) is 3.62. The van der Waals surface area contributed by atoms with E-state index in [-0.39, 0.29) is 6.04 Å². The second-order valence-corrected chi connectivity index (χ2v) is 3.63. The van der Waals surface area contributed by atoms with E-state index >= 15 is 0 Å². The molecule has 0 fully saturated rings. The van der Waals surface area contributed by atoms with E-state index in [2.05, 4.69) is 20.3 Å². The minimum absolute atomic E-state index is 0.0447. The van der Waals surface area contributed by atoms with Crippen LogP contribution >= 0.6 is 0 Å². The first kappa shape index (κ1) is 11.5. The third-order valence-electron chi connectivity index (χ3n) is 2.51. The maximum absolute atomic E-state index is 5.97. The minimum atomic E-state index is -0.0447. The summed E-state index contributed by atoms with van der Waals surface area (Å²) in [5, 5.41) is 3.35. The summed E-state index contributed by atoms with van der Waals surface area (Å²) in [6.45, 7) is 2.86. The number of nitrogen functional groups attached to an aromatic ring is 1. The Morgan fingerprint density at radius 2 is 2.12 bits per heavy atom. The summed E-state index contributed by atoms with van der Waals surface area (Å²) in [7, 11) is 0. The van der Waals surface area contributed by atoms with Crippen LogP contribution in [0.25, 0.3) is 0 Å². The molecule has 0 aromatic carbocycles. The zero-order valence-electron chi connectivity index (χ0n) is 9.67. The number of nitrogens with two attached hydrogens (primary N) is 1. The van der Waals surface area contributed by atoms with Gasteiger partial charge in [-0.15, -0.1) is 0 Å². The summed E-state index contributed by atoms with van der Waals surface area (Å²) in [6, 6.07) is 3.62. The van der Waals surface area contributed by atoms with E-state index in [1.165, 1.54) is 6.33 Å². The van der Waals surface area contributed by atoms with Gasteiger partial charge in [-0.3, -0.25) is 4.98 Å². The zero-order valence-corrected chi connectivity index (χ0v) is 9.67. The van der Waals surface area contributed by atoms with Gasteiger partial charge in [-0.1, -0.05) is 6.92 Å². The highest BCUT2D eigenvalue weighted by Gasteiger charge is 2.16. The van der Waals surface area contributed by atoms with Crippen LogP contribution in [0.15, 0.2) is 37.1 Å². The van der Waals surface area contributed by atoms with Gasteiger partial charge in [-0.2, -0.15) is 0 Å². The van der Waals surface area contributed by atoms with Gasteiger partial charge < -0.3 is 11.1 Å². The molecule has 1 atom stereocenters. The Hall–Kier alpha value is -2.01. The molecular weight excluding hydrogens is 214 g/mol. The number of pyridine rings is 1. The van der Waals surface area contributed by atoms with Crippen molar-refractivity contribution in [2.75, 3.05) is 12.3 Å². The average Bonchev–Trinajstić information content (AvgIpc) is 2.38. The molecule has 1 unspecified atom stereocenters. The van der Waals surface area contributed by atoms with Crippen molar-refractivity contribution in [1.82, 2.24) is 20.3 Å². The Labute approximate surface area is 100 Å². The van der Waals surface area contributed by atoms with Crippen molar-refractivity contribution in [2.45, 2.75) is 13.0 Å².